The fourth-order valence-corrected chi connectivity index (χ4v) is 1.89. The van der Waals surface area contributed by atoms with Crippen LogP contribution in [0.15, 0.2) is 0 Å². The summed E-state index contributed by atoms with van der Waals surface area (Å²) in [6, 6.07) is 1.33. The first-order valence-corrected chi connectivity index (χ1v) is 5.77. The normalized spacial score (nSPS) is 19.4. The van der Waals surface area contributed by atoms with Crippen molar-refractivity contribution < 1.29 is 0 Å². The first-order chi connectivity index (χ1) is 6.27. The summed E-state index contributed by atoms with van der Waals surface area (Å²) < 4.78 is 0. The van der Waals surface area contributed by atoms with Gasteiger partial charge < -0.3 is 10.6 Å². The zero-order valence-corrected chi connectivity index (χ0v) is 9.13. The highest BCUT2D eigenvalue weighted by atomic mass is 15.2. The van der Waals surface area contributed by atoms with Crippen molar-refractivity contribution in [3.63, 3.8) is 0 Å². The van der Waals surface area contributed by atoms with Gasteiger partial charge in [0.1, 0.15) is 0 Å². The van der Waals surface area contributed by atoms with Crippen LogP contribution in [0.2, 0.25) is 0 Å². The molecule has 0 bridgehead atoms. The van der Waals surface area contributed by atoms with Gasteiger partial charge in [0.05, 0.1) is 0 Å². The van der Waals surface area contributed by atoms with Crippen molar-refractivity contribution in [2.24, 2.45) is 5.73 Å². The van der Waals surface area contributed by atoms with E-state index < -0.39 is 0 Å². The first kappa shape index (κ1) is 11.0. The third-order valence-corrected chi connectivity index (χ3v) is 2.92. The van der Waals surface area contributed by atoms with Crippen LogP contribution >= 0.6 is 0 Å². The molecule has 0 aliphatic heterocycles. The summed E-state index contributed by atoms with van der Waals surface area (Å²) in [4.78, 5) is 2.58. The SMILES string of the molecule is CCCC(N)CCN(CC)C1CC1. The third kappa shape index (κ3) is 4.10. The topological polar surface area (TPSA) is 29.3 Å². The van der Waals surface area contributed by atoms with E-state index in [1.807, 2.05) is 0 Å². The molecule has 2 N–H and O–H groups in total. The van der Waals surface area contributed by atoms with Crippen molar-refractivity contribution in [3.05, 3.63) is 0 Å². The molecule has 0 heterocycles. The molecule has 0 saturated heterocycles. The van der Waals surface area contributed by atoms with E-state index in [0.717, 1.165) is 6.04 Å². The van der Waals surface area contributed by atoms with E-state index in [1.165, 1.54) is 45.2 Å². The van der Waals surface area contributed by atoms with Gasteiger partial charge in [-0.05, 0) is 38.8 Å². The smallest absolute Gasteiger partial charge is 0.00963 e. The van der Waals surface area contributed by atoms with Crippen LogP contribution < -0.4 is 5.73 Å². The van der Waals surface area contributed by atoms with Gasteiger partial charge in [0, 0.05) is 12.1 Å². The van der Waals surface area contributed by atoms with Crippen LogP contribution in [-0.4, -0.2) is 30.1 Å². The second kappa shape index (κ2) is 5.61. The number of hydrogen-bond donors (Lipinski definition) is 1. The molecule has 2 heteroatoms. The molecule has 1 aliphatic carbocycles. The van der Waals surface area contributed by atoms with Crippen LogP contribution in [-0.2, 0) is 0 Å². The molecule has 0 amide bonds. The molecule has 0 aromatic carbocycles. The van der Waals surface area contributed by atoms with Crippen molar-refractivity contribution in [1.82, 2.24) is 4.90 Å². The summed E-state index contributed by atoms with van der Waals surface area (Å²) in [7, 11) is 0. The van der Waals surface area contributed by atoms with Crippen LogP contribution in [0.3, 0.4) is 0 Å². The molecule has 0 spiro atoms. The van der Waals surface area contributed by atoms with E-state index in [9.17, 15) is 0 Å². The highest BCUT2D eigenvalue weighted by Crippen LogP contribution is 2.26. The average Bonchev–Trinajstić information content (AvgIpc) is 2.90. The highest BCUT2D eigenvalue weighted by Gasteiger charge is 2.27. The van der Waals surface area contributed by atoms with Gasteiger partial charge in [-0.2, -0.15) is 0 Å². The molecule has 1 atom stereocenters. The van der Waals surface area contributed by atoms with E-state index in [-0.39, 0.29) is 0 Å². The highest BCUT2D eigenvalue weighted by molar-refractivity contribution is 4.84. The fourth-order valence-electron chi connectivity index (χ4n) is 1.89. The Labute approximate surface area is 82.5 Å². The Balaban J connectivity index is 2.07. The van der Waals surface area contributed by atoms with Gasteiger partial charge in [-0.3, -0.25) is 0 Å². The molecule has 0 aromatic heterocycles. The monoisotopic (exact) mass is 184 g/mol. The van der Waals surface area contributed by atoms with E-state index in [0.29, 0.717) is 6.04 Å². The maximum absolute atomic E-state index is 5.98. The van der Waals surface area contributed by atoms with Gasteiger partial charge in [-0.1, -0.05) is 20.3 Å². The molecule has 1 unspecified atom stereocenters. The lowest BCUT2D eigenvalue weighted by atomic mass is 10.1. The number of hydrogen-bond acceptors (Lipinski definition) is 2. The summed E-state index contributed by atoms with van der Waals surface area (Å²) in [5, 5.41) is 0. The second-order valence-electron chi connectivity index (χ2n) is 4.20. The zero-order valence-electron chi connectivity index (χ0n) is 9.13. The Morgan fingerprint density at radius 1 is 1.31 bits per heavy atom. The Kier molecular flexibility index (Phi) is 4.74. The first-order valence-electron chi connectivity index (χ1n) is 5.77. The van der Waals surface area contributed by atoms with Crippen molar-refractivity contribution in [2.45, 2.75) is 58.0 Å². The maximum atomic E-state index is 5.98. The maximum Gasteiger partial charge on any atom is 0.00963 e. The summed E-state index contributed by atoms with van der Waals surface area (Å²) in [6.45, 7) is 6.87. The van der Waals surface area contributed by atoms with Gasteiger partial charge in [0.2, 0.25) is 0 Å². The standard InChI is InChI=1S/C11H24N2/c1-3-5-10(12)8-9-13(4-2)11-6-7-11/h10-11H,3-9,12H2,1-2H3. The summed E-state index contributed by atoms with van der Waals surface area (Å²) in [5.41, 5.74) is 5.98. The van der Waals surface area contributed by atoms with Crippen LogP contribution in [0.5, 0.6) is 0 Å². The lowest BCUT2D eigenvalue weighted by molar-refractivity contribution is 0.264. The van der Waals surface area contributed by atoms with Gasteiger partial charge in [0.15, 0.2) is 0 Å². The number of nitrogens with two attached hydrogens (primary N) is 1. The number of nitrogens with zero attached hydrogens (tertiary/aromatic N) is 1. The minimum absolute atomic E-state index is 0.429. The van der Waals surface area contributed by atoms with Gasteiger partial charge >= 0.3 is 0 Å². The average molecular weight is 184 g/mol. The van der Waals surface area contributed by atoms with Gasteiger partial charge in [0.25, 0.3) is 0 Å². The largest absolute Gasteiger partial charge is 0.328 e. The van der Waals surface area contributed by atoms with Crippen molar-refractivity contribution in [1.29, 1.82) is 0 Å². The van der Waals surface area contributed by atoms with Crippen LogP contribution in [0, 0.1) is 0 Å². The quantitative estimate of drug-likeness (QED) is 0.655. The summed E-state index contributed by atoms with van der Waals surface area (Å²) in [5.74, 6) is 0. The van der Waals surface area contributed by atoms with Crippen LogP contribution in [0.25, 0.3) is 0 Å². The second-order valence-corrected chi connectivity index (χ2v) is 4.20. The molecule has 13 heavy (non-hydrogen) atoms. The van der Waals surface area contributed by atoms with Crippen molar-refractivity contribution in [2.75, 3.05) is 13.1 Å². The molecule has 1 aliphatic rings. The Bertz CT molecular complexity index is 132. The molecule has 0 aromatic rings. The summed E-state index contributed by atoms with van der Waals surface area (Å²) in [6.07, 6.45) is 6.41. The Hall–Kier alpha value is -0.0800. The predicted molar refractivity (Wildman–Crippen MR) is 57.8 cm³/mol. The predicted octanol–water partition coefficient (Wildman–Crippen LogP) is 1.99. The fraction of sp³-hybridized carbons (Fsp3) is 1.00. The zero-order chi connectivity index (χ0) is 9.68. The third-order valence-electron chi connectivity index (χ3n) is 2.92. The van der Waals surface area contributed by atoms with Crippen molar-refractivity contribution in [3.8, 4) is 0 Å². The van der Waals surface area contributed by atoms with E-state index in [2.05, 4.69) is 18.7 Å². The van der Waals surface area contributed by atoms with Crippen LogP contribution in [0.4, 0.5) is 0 Å². The molecule has 1 saturated carbocycles. The molecular formula is C11H24N2. The molecule has 1 rings (SSSR count). The van der Waals surface area contributed by atoms with E-state index in [1.54, 1.807) is 0 Å². The molecule has 1 fully saturated rings. The van der Waals surface area contributed by atoms with E-state index >= 15 is 0 Å². The van der Waals surface area contributed by atoms with Gasteiger partial charge in [-0.25, -0.2) is 0 Å². The molecule has 2 nitrogen and oxygen atoms in total. The summed E-state index contributed by atoms with van der Waals surface area (Å²) >= 11 is 0. The van der Waals surface area contributed by atoms with E-state index in [4.69, 9.17) is 5.73 Å². The minimum atomic E-state index is 0.429. The number of rotatable bonds is 7. The Morgan fingerprint density at radius 2 is 2.00 bits per heavy atom. The minimum Gasteiger partial charge on any atom is -0.328 e. The van der Waals surface area contributed by atoms with Gasteiger partial charge in [-0.15, -0.1) is 0 Å². The van der Waals surface area contributed by atoms with Crippen LogP contribution in [0.1, 0.15) is 46.0 Å². The molecule has 78 valence electrons. The lowest BCUT2D eigenvalue weighted by Crippen LogP contribution is -2.31. The molecule has 0 radical (unpaired) electrons. The lowest BCUT2D eigenvalue weighted by Gasteiger charge is -2.21. The van der Waals surface area contributed by atoms with Crippen molar-refractivity contribution >= 4 is 0 Å². The molecular weight excluding hydrogens is 160 g/mol. The Morgan fingerprint density at radius 3 is 2.46 bits per heavy atom.